The largest absolute Gasteiger partial charge is 0.435 e. The first-order valence-corrected chi connectivity index (χ1v) is 8.34. The first-order chi connectivity index (χ1) is 12.4. The summed E-state index contributed by atoms with van der Waals surface area (Å²) < 4.78 is 28.4. The first-order valence-electron chi connectivity index (χ1n) is 8.34. The van der Waals surface area contributed by atoms with Crippen molar-refractivity contribution in [1.82, 2.24) is 5.32 Å². The minimum Gasteiger partial charge on any atom is -0.435 e. The van der Waals surface area contributed by atoms with Gasteiger partial charge in [0, 0.05) is 24.9 Å². The van der Waals surface area contributed by atoms with E-state index in [0.717, 1.165) is 11.1 Å². The van der Waals surface area contributed by atoms with E-state index < -0.39 is 6.61 Å². The molecule has 0 aliphatic heterocycles. The molecule has 0 bridgehead atoms. The topological polar surface area (TPSA) is 55.4 Å². The molecule has 1 amide bonds. The predicted octanol–water partition coefficient (Wildman–Crippen LogP) is 3.92. The molecule has 0 fully saturated rings. The third kappa shape index (κ3) is 6.63. The van der Waals surface area contributed by atoms with Crippen molar-refractivity contribution in [2.75, 3.05) is 6.54 Å². The summed E-state index contributed by atoms with van der Waals surface area (Å²) in [6, 6.07) is 13.5. The van der Waals surface area contributed by atoms with E-state index >= 15 is 0 Å². The van der Waals surface area contributed by atoms with E-state index in [1.54, 1.807) is 24.3 Å². The van der Waals surface area contributed by atoms with Gasteiger partial charge in [-0.05, 0) is 31.0 Å². The molecule has 0 aliphatic rings. The first kappa shape index (κ1) is 19.6. The lowest BCUT2D eigenvalue weighted by Crippen LogP contribution is -2.26. The Hall–Kier alpha value is -2.76. The molecular weight excluding hydrogens is 340 g/mol. The van der Waals surface area contributed by atoms with Gasteiger partial charge in [-0.1, -0.05) is 42.0 Å². The Kier molecular flexibility index (Phi) is 7.26. The summed E-state index contributed by atoms with van der Waals surface area (Å²) in [6.45, 7) is -0.490. The summed E-state index contributed by atoms with van der Waals surface area (Å²) >= 11 is 0. The zero-order valence-electron chi connectivity index (χ0n) is 14.5. The number of Topliss-reactive ketones (excluding diaryl/α,β-unsaturated/α-hetero) is 1. The highest BCUT2D eigenvalue weighted by molar-refractivity contribution is 5.97. The Balaban J connectivity index is 1.68. The molecule has 0 aliphatic carbocycles. The molecule has 0 atom stereocenters. The monoisotopic (exact) mass is 361 g/mol. The number of alkyl halides is 2. The average molecular weight is 361 g/mol. The summed E-state index contributed by atoms with van der Waals surface area (Å²) in [5, 5.41) is 2.75. The molecule has 6 heteroatoms. The quantitative estimate of drug-likeness (QED) is 0.689. The number of benzene rings is 2. The zero-order valence-corrected chi connectivity index (χ0v) is 14.5. The second kappa shape index (κ2) is 9.65. The van der Waals surface area contributed by atoms with Crippen LogP contribution in [0.25, 0.3) is 0 Å². The predicted molar refractivity (Wildman–Crippen MR) is 94.5 cm³/mol. The van der Waals surface area contributed by atoms with Crippen LogP contribution in [0.4, 0.5) is 8.78 Å². The van der Waals surface area contributed by atoms with Gasteiger partial charge in [-0.25, -0.2) is 0 Å². The summed E-state index contributed by atoms with van der Waals surface area (Å²) in [5.41, 5.74) is 2.57. The van der Waals surface area contributed by atoms with Crippen molar-refractivity contribution in [3.63, 3.8) is 0 Å². The lowest BCUT2D eigenvalue weighted by molar-refractivity contribution is -0.121. The van der Waals surface area contributed by atoms with Crippen LogP contribution in [-0.2, 0) is 11.2 Å². The highest BCUT2D eigenvalue weighted by Gasteiger charge is 2.09. The standard InChI is InChI=1S/C20H21F2NO3/c1-14-2-6-16(7-3-14)18(24)10-11-19(25)23-13-12-15-4-8-17(9-5-15)26-20(21)22/h2-9,20H,10-13H2,1H3,(H,23,25). The van der Waals surface area contributed by atoms with Crippen LogP contribution in [0.3, 0.4) is 0 Å². The van der Waals surface area contributed by atoms with E-state index in [0.29, 0.717) is 18.5 Å². The molecule has 0 aromatic heterocycles. The molecule has 0 unspecified atom stereocenters. The molecule has 2 rings (SSSR count). The van der Waals surface area contributed by atoms with E-state index in [1.807, 2.05) is 19.1 Å². The van der Waals surface area contributed by atoms with Crippen LogP contribution in [0.2, 0.25) is 0 Å². The number of aryl methyl sites for hydroxylation is 1. The van der Waals surface area contributed by atoms with Gasteiger partial charge < -0.3 is 10.1 Å². The van der Waals surface area contributed by atoms with Gasteiger partial charge in [0.05, 0.1) is 0 Å². The molecule has 0 saturated carbocycles. The molecule has 4 nitrogen and oxygen atoms in total. The Morgan fingerprint density at radius 3 is 2.27 bits per heavy atom. The Morgan fingerprint density at radius 1 is 1.00 bits per heavy atom. The van der Waals surface area contributed by atoms with Crippen LogP contribution in [0, 0.1) is 6.92 Å². The van der Waals surface area contributed by atoms with Gasteiger partial charge in [0.1, 0.15) is 5.75 Å². The fourth-order valence-electron chi connectivity index (χ4n) is 2.38. The van der Waals surface area contributed by atoms with E-state index in [1.165, 1.54) is 12.1 Å². The van der Waals surface area contributed by atoms with E-state index in [4.69, 9.17) is 0 Å². The highest BCUT2D eigenvalue weighted by atomic mass is 19.3. The number of hydrogen-bond acceptors (Lipinski definition) is 3. The minimum absolute atomic E-state index is 0.0604. The van der Waals surface area contributed by atoms with Crippen LogP contribution < -0.4 is 10.1 Å². The molecule has 0 saturated heterocycles. The number of halogens is 2. The van der Waals surface area contributed by atoms with Crippen molar-refractivity contribution >= 4 is 11.7 Å². The van der Waals surface area contributed by atoms with Gasteiger partial charge in [-0.15, -0.1) is 0 Å². The molecule has 138 valence electrons. The van der Waals surface area contributed by atoms with E-state index in [9.17, 15) is 18.4 Å². The second-order valence-electron chi connectivity index (χ2n) is 5.91. The second-order valence-corrected chi connectivity index (χ2v) is 5.91. The van der Waals surface area contributed by atoms with Crippen LogP contribution in [0.1, 0.15) is 34.3 Å². The van der Waals surface area contributed by atoms with Gasteiger partial charge in [0.15, 0.2) is 5.78 Å². The average Bonchev–Trinajstić information content (AvgIpc) is 2.61. The molecule has 0 radical (unpaired) electrons. The van der Waals surface area contributed by atoms with Crippen molar-refractivity contribution in [1.29, 1.82) is 0 Å². The lowest BCUT2D eigenvalue weighted by atomic mass is 10.0. The fraction of sp³-hybridized carbons (Fsp3) is 0.300. The third-order valence-corrected chi connectivity index (χ3v) is 3.84. The number of rotatable bonds is 9. The molecular formula is C20H21F2NO3. The number of carbonyl (C=O) groups excluding carboxylic acids is 2. The van der Waals surface area contributed by atoms with Gasteiger partial charge in [0.2, 0.25) is 5.91 Å². The Bertz CT molecular complexity index is 728. The fourth-order valence-corrected chi connectivity index (χ4v) is 2.38. The third-order valence-electron chi connectivity index (χ3n) is 3.84. The van der Waals surface area contributed by atoms with Crippen LogP contribution in [0.5, 0.6) is 5.75 Å². The number of carbonyl (C=O) groups is 2. The smallest absolute Gasteiger partial charge is 0.387 e. The zero-order chi connectivity index (χ0) is 18.9. The van der Waals surface area contributed by atoms with E-state index in [-0.39, 0.29) is 30.3 Å². The maximum Gasteiger partial charge on any atom is 0.387 e. The molecule has 2 aromatic rings. The minimum atomic E-state index is -2.84. The number of ketones is 1. The Labute approximate surface area is 151 Å². The summed E-state index contributed by atoms with van der Waals surface area (Å²) in [6.07, 6.45) is 0.856. The Morgan fingerprint density at radius 2 is 1.65 bits per heavy atom. The highest BCUT2D eigenvalue weighted by Crippen LogP contribution is 2.15. The summed E-state index contributed by atoms with van der Waals surface area (Å²) in [7, 11) is 0. The van der Waals surface area contributed by atoms with Crippen LogP contribution in [0.15, 0.2) is 48.5 Å². The molecule has 1 N–H and O–H groups in total. The van der Waals surface area contributed by atoms with Crippen molar-refractivity contribution in [2.24, 2.45) is 0 Å². The number of nitrogens with one attached hydrogen (secondary N) is 1. The van der Waals surface area contributed by atoms with Gasteiger partial charge >= 0.3 is 6.61 Å². The SMILES string of the molecule is Cc1ccc(C(=O)CCC(=O)NCCc2ccc(OC(F)F)cc2)cc1. The van der Waals surface area contributed by atoms with E-state index in [2.05, 4.69) is 10.1 Å². The summed E-state index contributed by atoms with van der Waals surface area (Å²) in [4.78, 5) is 23.9. The number of ether oxygens (including phenoxy) is 1. The van der Waals surface area contributed by atoms with Crippen LogP contribution >= 0.6 is 0 Å². The van der Waals surface area contributed by atoms with Crippen molar-refractivity contribution in [2.45, 2.75) is 32.8 Å². The molecule has 26 heavy (non-hydrogen) atoms. The molecule has 0 heterocycles. The normalized spacial score (nSPS) is 10.6. The maximum absolute atomic E-state index is 12.1. The molecule has 0 spiro atoms. The van der Waals surface area contributed by atoms with Crippen molar-refractivity contribution in [3.05, 3.63) is 65.2 Å². The van der Waals surface area contributed by atoms with Gasteiger partial charge in [-0.2, -0.15) is 8.78 Å². The number of hydrogen-bond donors (Lipinski definition) is 1. The maximum atomic E-state index is 12.1. The lowest BCUT2D eigenvalue weighted by Gasteiger charge is -2.07. The van der Waals surface area contributed by atoms with Gasteiger partial charge in [0.25, 0.3) is 0 Å². The molecule has 2 aromatic carbocycles. The van der Waals surface area contributed by atoms with Crippen molar-refractivity contribution in [3.8, 4) is 5.75 Å². The van der Waals surface area contributed by atoms with Gasteiger partial charge in [-0.3, -0.25) is 9.59 Å². The van der Waals surface area contributed by atoms with Crippen molar-refractivity contribution < 1.29 is 23.1 Å². The summed E-state index contributed by atoms with van der Waals surface area (Å²) in [5.74, 6) is -0.153. The number of amides is 1. The van der Waals surface area contributed by atoms with Crippen LogP contribution in [-0.4, -0.2) is 24.8 Å².